The average molecular weight is 1090 g/mol. The van der Waals surface area contributed by atoms with Gasteiger partial charge in [-0.05, 0) is 83.1 Å². The van der Waals surface area contributed by atoms with Crippen LogP contribution in [0.15, 0.2) is 24.3 Å². The van der Waals surface area contributed by atoms with E-state index in [0.29, 0.717) is 11.3 Å². The Morgan fingerprint density at radius 3 is 1.67 bits per heavy atom. The highest BCUT2D eigenvalue weighted by Crippen LogP contribution is 2.21. The number of nitrogens with zero attached hydrogens (tertiary/aromatic N) is 1. The summed E-state index contributed by atoms with van der Waals surface area (Å²) < 4.78 is 0. The zero-order chi connectivity index (χ0) is 56.9. The molecule has 0 unspecified atom stereocenters. The van der Waals surface area contributed by atoms with Crippen molar-refractivity contribution in [3.05, 3.63) is 29.8 Å². The Kier molecular flexibility index (Phi) is 26.4. The molecule has 1 aliphatic heterocycles. The molecular formula is C45H68N10O19S. The SMILES string of the molecule is CSCC[C@H](NC(=O)[C@H](C)N)C(=O)N[C@@H](CO)C(=O)N[C@H](C(=O)N[C@H](C(=O)N[C@@H](CC(=O)O)C(=O)N1CCC[C@H]1C(=O)N[C@@H](CCC(=O)O)C(=O)N[C@@H](C)C(=O)N[C@@H](Cc1ccc(O)cc1)C(=O)O)[C@@H](C)O)[C@@H](C)O. The van der Waals surface area contributed by atoms with Gasteiger partial charge >= 0.3 is 17.9 Å². The molecule has 0 aliphatic carbocycles. The van der Waals surface area contributed by atoms with Crippen LogP contribution < -0.4 is 48.3 Å². The molecule has 0 radical (unpaired) electrons. The number of carboxylic acid groups (broad SMARTS) is 3. The summed E-state index contributed by atoms with van der Waals surface area (Å²) in [5.74, 6) is -13.9. The third-order valence-corrected chi connectivity index (χ3v) is 12.1. The van der Waals surface area contributed by atoms with E-state index in [1.807, 2.05) is 0 Å². The van der Waals surface area contributed by atoms with Crippen molar-refractivity contribution in [2.75, 3.05) is 25.2 Å². The molecule has 1 aromatic carbocycles. The first-order valence-corrected chi connectivity index (χ1v) is 24.9. The molecule has 0 aromatic heterocycles. The lowest BCUT2D eigenvalue weighted by Gasteiger charge is -2.31. The highest BCUT2D eigenvalue weighted by molar-refractivity contribution is 7.98. The van der Waals surface area contributed by atoms with Crippen LogP contribution in [0.25, 0.3) is 0 Å². The first-order valence-electron chi connectivity index (χ1n) is 23.5. The maximum absolute atomic E-state index is 14.0. The number of aliphatic hydroxyl groups is 3. The summed E-state index contributed by atoms with van der Waals surface area (Å²) in [5.41, 5.74) is 6.03. The number of benzene rings is 1. The van der Waals surface area contributed by atoms with Gasteiger partial charge in [0.1, 0.15) is 60.1 Å². The zero-order valence-electron chi connectivity index (χ0n) is 41.8. The van der Waals surface area contributed by atoms with Crippen LogP contribution in [-0.4, -0.2) is 210 Å². The predicted molar refractivity (Wildman–Crippen MR) is 262 cm³/mol. The first-order chi connectivity index (χ1) is 35.1. The molecule has 0 saturated carbocycles. The Morgan fingerprint density at radius 2 is 1.15 bits per heavy atom. The first kappa shape index (κ1) is 64.0. The summed E-state index contributed by atoms with van der Waals surface area (Å²) >= 11 is 1.34. The molecule has 1 fully saturated rings. The van der Waals surface area contributed by atoms with Crippen LogP contribution in [0, 0.1) is 0 Å². The third kappa shape index (κ3) is 20.9. The second kappa shape index (κ2) is 30.9. The molecular weight excluding hydrogens is 1020 g/mol. The summed E-state index contributed by atoms with van der Waals surface area (Å²) in [4.78, 5) is 157. The van der Waals surface area contributed by atoms with E-state index < -0.39 is 170 Å². The number of rotatable bonds is 31. The number of carbonyl (C=O) groups is 12. The van der Waals surface area contributed by atoms with Gasteiger partial charge in [0.15, 0.2) is 0 Å². The number of aromatic hydroxyl groups is 1. The standard InChI is InChI=1S/C45H68N10O19S/c1-20(46)36(64)48-27(14-16-75-5)39(67)52-30(19-56)40(68)53-35(23(4)58)43(71)54-34(22(3)57)42(70)50-28(18-33(62)63)44(72)55-15-6-7-31(55)41(69)49-26(12-13-32(60)61)38(66)47-21(2)37(65)51-29(45(73)74)17-24-8-10-25(59)11-9-24/h8-11,20-23,26-31,34-35,56-59H,6-7,12-19,46H2,1-5H3,(H,47,66)(H,48,64)(H,49,69)(H,50,70)(H,51,65)(H,52,67)(H,53,68)(H,54,71)(H,60,61)(H,62,63)(H,73,74)/t20-,21-,22+,23+,26-,27-,28-,29-,30-,31-,34-,35-/m0/s1. The van der Waals surface area contributed by atoms with Crippen molar-refractivity contribution in [2.45, 2.75) is 145 Å². The normalized spacial score (nSPS) is 17.5. The maximum atomic E-state index is 14.0. The molecule has 0 bridgehead atoms. The van der Waals surface area contributed by atoms with E-state index >= 15 is 0 Å². The topological polar surface area (TPSA) is 472 Å². The van der Waals surface area contributed by atoms with Crippen LogP contribution in [-0.2, 0) is 64.0 Å². The molecule has 9 amide bonds. The number of nitrogens with two attached hydrogens (primary N) is 1. The number of phenols is 1. The van der Waals surface area contributed by atoms with Crippen molar-refractivity contribution in [3.8, 4) is 5.75 Å². The predicted octanol–water partition coefficient (Wildman–Crippen LogP) is -5.90. The van der Waals surface area contributed by atoms with Crippen LogP contribution in [0.1, 0.15) is 71.8 Å². The van der Waals surface area contributed by atoms with Crippen molar-refractivity contribution in [1.82, 2.24) is 47.4 Å². The van der Waals surface area contributed by atoms with Crippen LogP contribution in [0.4, 0.5) is 0 Å². The quantitative estimate of drug-likeness (QED) is 0.0329. The van der Waals surface area contributed by atoms with Gasteiger partial charge in [0.05, 0.1) is 31.3 Å². The van der Waals surface area contributed by atoms with Gasteiger partial charge in [-0.2, -0.15) is 11.8 Å². The number of likely N-dealkylation sites (tertiary alicyclic amines) is 1. The minimum atomic E-state index is -2.02. The molecule has 1 aliphatic rings. The number of thioether (sulfide) groups is 1. The summed E-state index contributed by atoms with van der Waals surface area (Å²) in [6.07, 6.45) is -4.26. The monoisotopic (exact) mass is 1080 g/mol. The van der Waals surface area contributed by atoms with E-state index in [-0.39, 0.29) is 38.0 Å². The lowest BCUT2D eigenvalue weighted by molar-refractivity contribution is -0.147. The molecule has 75 heavy (non-hydrogen) atoms. The molecule has 1 heterocycles. The van der Waals surface area contributed by atoms with E-state index in [9.17, 15) is 93.3 Å². The number of phenolic OH excluding ortho intramolecular Hbond substituents is 1. The third-order valence-electron chi connectivity index (χ3n) is 11.5. The minimum absolute atomic E-state index is 0.0833. The Hall–Kier alpha value is -7.15. The number of amides is 9. The number of hydrogen-bond acceptors (Lipinski definition) is 18. The number of carbonyl (C=O) groups excluding carboxylic acids is 9. The van der Waals surface area contributed by atoms with Gasteiger partial charge in [-0.3, -0.25) is 52.7 Å². The van der Waals surface area contributed by atoms with Gasteiger partial charge in [0.2, 0.25) is 53.2 Å². The fraction of sp³-hybridized carbons (Fsp3) is 0.600. The summed E-state index contributed by atoms with van der Waals surface area (Å²) in [6.45, 7) is 3.37. The van der Waals surface area contributed by atoms with Gasteiger partial charge in [-0.1, -0.05) is 12.1 Å². The minimum Gasteiger partial charge on any atom is -0.508 e. The van der Waals surface area contributed by atoms with Crippen molar-refractivity contribution in [3.63, 3.8) is 0 Å². The van der Waals surface area contributed by atoms with Gasteiger partial charge in [-0.25, -0.2) is 4.79 Å². The molecule has 0 spiro atoms. The lowest BCUT2D eigenvalue weighted by atomic mass is 10.1. The number of carboxylic acids is 3. The van der Waals surface area contributed by atoms with Crippen molar-refractivity contribution in [2.24, 2.45) is 5.73 Å². The van der Waals surface area contributed by atoms with E-state index in [0.717, 1.165) is 18.7 Å². The Morgan fingerprint density at radius 1 is 0.640 bits per heavy atom. The van der Waals surface area contributed by atoms with Crippen LogP contribution in [0.3, 0.4) is 0 Å². The smallest absolute Gasteiger partial charge is 0.326 e. The second-order valence-corrected chi connectivity index (χ2v) is 18.7. The molecule has 17 N–H and O–H groups in total. The van der Waals surface area contributed by atoms with E-state index in [1.54, 1.807) is 6.26 Å². The van der Waals surface area contributed by atoms with Crippen molar-refractivity contribution >= 4 is 82.8 Å². The average Bonchev–Trinajstić information content (AvgIpc) is 3.83. The van der Waals surface area contributed by atoms with Crippen molar-refractivity contribution in [1.29, 1.82) is 0 Å². The number of aliphatic hydroxyl groups excluding tert-OH is 3. The molecule has 1 aromatic rings. The number of nitrogens with one attached hydrogen (secondary N) is 8. The maximum Gasteiger partial charge on any atom is 0.326 e. The van der Waals surface area contributed by atoms with Crippen molar-refractivity contribution < 1.29 is 93.3 Å². The number of hydrogen-bond donors (Lipinski definition) is 16. The molecule has 418 valence electrons. The van der Waals surface area contributed by atoms with Gasteiger partial charge in [0.25, 0.3) is 0 Å². The van der Waals surface area contributed by atoms with Crippen LogP contribution >= 0.6 is 11.8 Å². The second-order valence-electron chi connectivity index (χ2n) is 17.7. The Bertz CT molecular complexity index is 2220. The van der Waals surface area contributed by atoms with E-state index in [4.69, 9.17) is 5.73 Å². The molecule has 29 nitrogen and oxygen atoms in total. The highest BCUT2D eigenvalue weighted by atomic mass is 32.2. The van der Waals surface area contributed by atoms with Gasteiger partial charge in [0, 0.05) is 19.4 Å². The summed E-state index contributed by atoms with van der Waals surface area (Å²) in [7, 11) is 0. The summed E-state index contributed by atoms with van der Waals surface area (Å²) in [5, 5.41) is 87.5. The highest BCUT2D eigenvalue weighted by Gasteiger charge is 2.42. The largest absolute Gasteiger partial charge is 0.508 e. The Labute approximate surface area is 434 Å². The lowest BCUT2D eigenvalue weighted by Crippen LogP contribution is -2.63. The molecule has 2 rings (SSSR count). The molecule has 12 atom stereocenters. The van der Waals surface area contributed by atoms with Gasteiger partial charge < -0.3 is 88.9 Å². The van der Waals surface area contributed by atoms with Gasteiger partial charge in [-0.15, -0.1) is 0 Å². The summed E-state index contributed by atoms with van der Waals surface area (Å²) in [6, 6.07) is -10.5. The number of aliphatic carboxylic acids is 3. The van der Waals surface area contributed by atoms with E-state index in [1.165, 1.54) is 49.9 Å². The van der Waals surface area contributed by atoms with E-state index in [2.05, 4.69) is 42.5 Å². The molecule has 1 saturated heterocycles. The van der Waals surface area contributed by atoms with Crippen LogP contribution in [0.5, 0.6) is 5.75 Å². The fourth-order valence-corrected chi connectivity index (χ4v) is 7.74. The van der Waals surface area contributed by atoms with Crippen LogP contribution in [0.2, 0.25) is 0 Å². The zero-order valence-corrected chi connectivity index (χ0v) is 42.6. The molecule has 30 heteroatoms. The Balaban J connectivity index is 2.25. The fourth-order valence-electron chi connectivity index (χ4n) is 7.27.